The van der Waals surface area contributed by atoms with Crippen LogP contribution in [0.2, 0.25) is 0 Å². The third-order valence-corrected chi connectivity index (χ3v) is 5.02. The normalized spacial score (nSPS) is 18.1. The van der Waals surface area contributed by atoms with Gasteiger partial charge in [0.15, 0.2) is 6.10 Å². The lowest BCUT2D eigenvalue weighted by molar-refractivity contribution is -0.156. The molecule has 1 aliphatic rings. The van der Waals surface area contributed by atoms with Crippen molar-refractivity contribution in [1.82, 2.24) is 10.2 Å². The number of aliphatic hydroxyl groups is 1. The molecular formula is C23H23F2N3O4. The Balaban J connectivity index is 2.11. The number of nitrogens with two attached hydrogens (primary N) is 1. The fourth-order valence-electron chi connectivity index (χ4n) is 3.53. The number of hydrogen-bond acceptors (Lipinski definition) is 5. The molecule has 9 heteroatoms. The Labute approximate surface area is 183 Å². The van der Waals surface area contributed by atoms with Gasteiger partial charge in [0.05, 0.1) is 6.04 Å². The monoisotopic (exact) mass is 443 g/mol. The van der Waals surface area contributed by atoms with Gasteiger partial charge in [0, 0.05) is 12.6 Å². The fourth-order valence-corrected chi connectivity index (χ4v) is 3.53. The van der Waals surface area contributed by atoms with Crippen LogP contribution in [0.25, 0.3) is 5.57 Å². The minimum absolute atomic E-state index is 0.276. The first-order chi connectivity index (χ1) is 15.2. The van der Waals surface area contributed by atoms with Crippen molar-refractivity contribution >= 4 is 23.3 Å². The predicted octanol–water partition coefficient (Wildman–Crippen LogP) is 1.67. The summed E-state index contributed by atoms with van der Waals surface area (Å²) in [7, 11) is 0. The molecule has 0 saturated carbocycles. The van der Waals surface area contributed by atoms with E-state index in [9.17, 15) is 28.3 Å². The SMILES string of the molecule is C[C@H](N)C(=O)N(C(=O)[C@H](O)c1cc(F)cc(F)c1)[C@@H]1C(=O)NCCC=C1c1ccccc1. The van der Waals surface area contributed by atoms with Crippen LogP contribution in [0.5, 0.6) is 0 Å². The Hall–Kier alpha value is -3.43. The highest BCUT2D eigenvalue weighted by atomic mass is 19.1. The first kappa shape index (κ1) is 23.2. The molecule has 1 heterocycles. The van der Waals surface area contributed by atoms with Crippen LogP contribution in [0.1, 0.15) is 30.6 Å². The molecule has 0 aliphatic carbocycles. The van der Waals surface area contributed by atoms with Gasteiger partial charge in [-0.25, -0.2) is 8.78 Å². The minimum atomic E-state index is -2.10. The third-order valence-electron chi connectivity index (χ3n) is 5.02. The summed E-state index contributed by atoms with van der Waals surface area (Å²) in [5, 5.41) is 13.3. The summed E-state index contributed by atoms with van der Waals surface area (Å²) in [6.45, 7) is 1.61. The first-order valence-corrected chi connectivity index (χ1v) is 10.0. The molecule has 32 heavy (non-hydrogen) atoms. The quantitative estimate of drug-likeness (QED) is 0.651. The summed E-state index contributed by atoms with van der Waals surface area (Å²) in [5.41, 5.74) is 6.32. The number of amides is 3. The maximum atomic E-state index is 13.7. The summed E-state index contributed by atoms with van der Waals surface area (Å²) in [4.78, 5) is 39.9. The molecule has 2 aromatic rings. The van der Waals surface area contributed by atoms with Gasteiger partial charge < -0.3 is 16.2 Å². The van der Waals surface area contributed by atoms with Crippen molar-refractivity contribution in [1.29, 1.82) is 0 Å². The van der Waals surface area contributed by atoms with Gasteiger partial charge in [-0.15, -0.1) is 0 Å². The fraction of sp³-hybridized carbons (Fsp3) is 0.261. The van der Waals surface area contributed by atoms with E-state index >= 15 is 0 Å². The number of benzene rings is 2. The molecular weight excluding hydrogens is 420 g/mol. The minimum Gasteiger partial charge on any atom is -0.378 e. The summed E-state index contributed by atoms with van der Waals surface area (Å²) < 4.78 is 27.3. The average molecular weight is 443 g/mol. The molecule has 4 N–H and O–H groups in total. The number of halogens is 2. The molecule has 7 nitrogen and oxygen atoms in total. The number of carbonyl (C=O) groups is 3. The zero-order valence-corrected chi connectivity index (χ0v) is 17.3. The molecule has 0 aromatic heterocycles. The summed E-state index contributed by atoms with van der Waals surface area (Å²) in [6, 6.07) is 8.20. The van der Waals surface area contributed by atoms with Crippen LogP contribution in [-0.4, -0.2) is 46.4 Å². The maximum Gasteiger partial charge on any atom is 0.263 e. The van der Waals surface area contributed by atoms with Crippen LogP contribution in [0.15, 0.2) is 54.6 Å². The average Bonchev–Trinajstić information content (AvgIpc) is 2.95. The van der Waals surface area contributed by atoms with E-state index in [0.29, 0.717) is 28.5 Å². The molecule has 0 fully saturated rings. The molecule has 0 bridgehead atoms. The van der Waals surface area contributed by atoms with Crippen molar-refractivity contribution in [3.8, 4) is 0 Å². The van der Waals surface area contributed by atoms with E-state index in [4.69, 9.17) is 5.73 Å². The maximum absolute atomic E-state index is 13.7. The van der Waals surface area contributed by atoms with Crippen molar-refractivity contribution < 1.29 is 28.3 Å². The van der Waals surface area contributed by atoms with Crippen LogP contribution < -0.4 is 11.1 Å². The highest BCUT2D eigenvalue weighted by molar-refractivity contribution is 6.08. The third kappa shape index (κ3) is 4.90. The molecule has 0 unspecified atom stereocenters. The molecule has 2 aromatic carbocycles. The lowest BCUT2D eigenvalue weighted by atomic mass is 9.94. The Morgan fingerprint density at radius 2 is 1.75 bits per heavy atom. The number of imide groups is 1. The smallest absolute Gasteiger partial charge is 0.263 e. The van der Waals surface area contributed by atoms with Gasteiger partial charge in [0.2, 0.25) is 11.8 Å². The molecule has 3 atom stereocenters. The van der Waals surface area contributed by atoms with E-state index < -0.39 is 53.1 Å². The van der Waals surface area contributed by atoms with Crippen LogP contribution in [0.4, 0.5) is 8.78 Å². The zero-order chi connectivity index (χ0) is 23.4. The van der Waals surface area contributed by atoms with Gasteiger partial charge in [0.1, 0.15) is 17.7 Å². The van der Waals surface area contributed by atoms with Crippen LogP contribution in [0.3, 0.4) is 0 Å². The summed E-state index contributed by atoms with van der Waals surface area (Å²) in [6.07, 6.45) is 0.0651. The van der Waals surface area contributed by atoms with E-state index in [2.05, 4.69) is 5.32 Å². The highest BCUT2D eigenvalue weighted by Crippen LogP contribution is 2.29. The lowest BCUT2D eigenvalue weighted by Gasteiger charge is -2.33. The van der Waals surface area contributed by atoms with Gasteiger partial charge >= 0.3 is 0 Å². The van der Waals surface area contributed by atoms with Gasteiger partial charge in [-0.1, -0.05) is 36.4 Å². The molecule has 1 aliphatic heterocycles. The number of hydrogen-bond donors (Lipinski definition) is 3. The lowest BCUT2D eigenvalue weighted by Crippen LogP contribution is -2.57. The van der Waals surface area contributed by atoms with E-state index in [1.54, 1.807) is 36.4 Å². The number of carbonyl (C=O) groups excluding carboxylic acids is 3. The Morgan fingerprint density at radius 3 is 2.34 bits per heavy atom. The number of nitrogens with zero attached hydrogens (tertiary/aromatic N) is 1. The number of aliphatic hydroxyl groups excluding tert-OH is 1. The molecule has 0 spiro atoms. The topological polar surface area (TPSA) is 113 Å². The van der Waals surface area contributed by atoms with Gasteiger partial charge in [-0.3, -0.25) is 19.3 Å². The summed E-state index contributed by atoms with van der Waals surface area (Å²) >= 11 is 0. The van der Waals surface area contributed by atoms with E-state index in [1.807, 2.05) is 0 Å². The standard InChI is InChI=1S/C23H23F2N3O4/c1-13(26)22(31)28(23(32)20(29)15-10-16(24)12-17(25)11-15)19-18(8-5-9-27-21(19)30)14-6-3-2-4-7-14/h2-4,6-8,10-13,19-20,29H,5,9,26H2,1H3,(H,27,30)/t13-,19-,20+/m0/s1. The molecule has 3 amide bonds. The Bertz CT molecular complexity index is 1040. The van der Waals surface area contributed by atoms with E-state index in [0.717, 1.165) is 12.1 Å². The molecule has 168 valence electrons. The Kier molecular flexibility index (Phi) is 7.12. The van der Waals surface area contributed by atoms with E-state index in [1.165, 1.54) is 6.92 Å². The van der Waals surface area contributed by atoms with Crippen LogP contribution >= 0.6 is 0 Å². The largest absolute Gasteiger partial charge is 0.378 e. The van der Waals surface area contributed by atoms with Gasteiger partial charge in [0.25, 0.3) is 5.91 Å². The second-order valence-electron chi connectivity index (χ2n) is 7.45. The number of rotatable bonds is 5. The molecule has 0 radical (unpaired) electrons. The van der Waals surface area contributed by atoms with Crippen LogP contribution in [-0.2, 0) is 14.4 Å². The van der Waals surface area contributed by atoms with Crippen molar-refractivity contribution in [3.63, 3.8) is 0 Å². The van der Waals surface area contributed by atoms with E-state index in [-0.39, 0.29) is 6.54 Å². The Morgan fingerprint density at radius 1 is 1.12 bits per heavy atom. The highest BCUT2D eigenvalue weighted by Gasteiger charge is 2.42. The number of nitrogens with one attached hydrogen (secondary N) is 1. The first-order valence-electron chi connectivity index (χ1n) is 10.0. The van der Waals surface area contributed by atoms with Gasteiger partial charge in [-0.05, 0) is 42.2 Å². The predicted molar refractivity (Wildman–Crippen MR) is 113 cm³/mol. The summed E-state index contributed by atoms with van der Waals surface area (Å²) in [5.74, 6) is -4.79. The molecule has 3 rings (SSSR count). The second kappa shape index (κ2) is 9.80. The van der Waals surface area contributed by atoms with Crippen LogP contribution in [0, 0.1) is 11.6 Å². The zero-order valence-electron chi connectivity index (χ0n) is 17.3. The second-order valence-corrected chi connectivity index (χ2v) is 7.45. The van der Waals surface area contributed by atoms with Crippen molar-refractivity contribution in [2.75, 3.05) is 6.54 Å². The molecule has 0 saturated heterocycles. The van der Waals surface area contributed by atoms with Gasteiger partial charge in [-0.2, -0.15) is 0 Å². The van der Waals surface area contributed by atoms with Crippen molar-refractivity contribution in [2.45, 2.75) is 31.5 Å². The van der Waals surface area contributed by atoms with Crippen molar-refractivity contribution in [2.24, 2.45) is 5.73 Å². The van der Waals surface area contributed by atoms with Crippen molar-refractivity contribution in [3.05, 3.63) is 77.4 Å².